The second-order valence-electron chi connectivity index (χ2n) is 15.3. The van der Waals surface area contributed by atoms with E-state index in [2.05, 4.69) is 82.2 Å². The van der Waals surface area contributed by atoms with E-state index in [0.717, 1.165) is 38.0 Å². The van der Waals surface area contributed by atoms with Crippen LogP contribution in [0.1, 0.15) is 128 Å². The molecule has 0 aromatic rings. The Labute approximate surface area is 205 Å². The Kier molecular flexibility index (Phi) is 7.07. The third-order valence-corrected chi connectivity index (χ3v) is 10.1. The number of allylic oxidation sites excluding steroid dienone is 1. The van der Waals surface area contributed by atoms with Gasteiger partial charge in [-0.2, -0.15) is 0 Å². The molecule has 3 aliphatic carbocycles. The summed E-state index contributed by atoms with van der Waals surface area (Å²) in [7, 11) is 0. The van der Waals surface area contributed by atoms with Crippen LogP contribution in [-0.4, -0.2) is 11.6 Å². The maximum atomic E-state index is 14.4. The van der Waals surface area contributed by atoms with Crippen LogP contribution in [0, 0.1) is 45.3 Å². The summed E-state index contributed by atoms with van der Waals surface area (Å²) in [6.07, 6.45) is 11.5. The van der Waals surface area contributed by atoms with E-state index in [1.54, 1.807) is 0 Å². The van der Waals surface area contributed by atoms with E-state index in [9.17, 15) is 4.79 Å². The number of esters is 1. The molecule has 3 aliphatic rings. The number of rotatable bonds is 7. The number of hydrogen-bond acceptors (Lipinski definition) is 2. The van der Waals surface area contributed by atoms with Gasteiger partial charge in [0.25, 0.3) is 0 Å². The van der Waals surface area contributed by atoms with Gasteiger partial charge in [-0.25, -0.2) is 0 Å². The summed E-state index contributed by atoms with van der Waals surface area (Å²) in [5.74, 6) is 2.61. The first kappa shape index (κ1) is 26.8. The maximum absolute atomic E-state index is 14.4. The molecule has 2 nitrogen and oxygen atoms in total. The Balaban J connectivity index is 2.03. The molecule has 0 bridgehead atoms. The van der Waals surface area contributed by atoms with E-state index >= 15 is 0 Å². The molecule has 0 aliphatic heterocycles. The molecule has 0 saturated heterocycles. The van der Waals surface area contributed by atoms with Crippen molar-refractivity contribution in [2.24, 2.45) is 45.3 Å². The molecule has 0 aromatic carbocycles. The minimum Gasteiger partial charge on any atom is -0.454 e. The van der Waals surface area contributed by atoms with Gasteiger partial charge < -0.3 is 4.74 Å². The molecule has 6 atom stereocenters. The van der Waals surface area contributed by atoms with Gasteiger partial charge in [0.15, 0.2) is 0 Å². The van der Waals surface area contributed by atoms with Crippen LogP contribution in [0.5, 0.6) is 0 Å². The molecule has 190 valence electrons. The molecular formula is C31H54O2. The fourth-order valence-corrected chi connectivity index (χ4v) is 7.28. The predicted octanol–water partition coefficient (Wildman–Crippen LogP) is 8.99. The molecule has 0 radical (unpaired) electrons. The Hall–Kier alpha value is -0.790. The van der Waals surface area contributed by atoms with Gasteiger partial charge in [0.1, 0.15) is 5.60 Å². The molecule has 0 aromatic heterocycles. The van der Waals surface area contributed by atoms with Crippen molar-refractivity contribution in [2.75, 3.05) is 0 Å². The largest absolute Gasteiger partial charge is 0.454 e. The minimum absolute atomic E-state index is 0.0480. The standard InChI is InChI=1S/C31H54O2/c1-12-29(9,10)20-30(11,28(6,7)8)26(32)33-31(22-16-17-22)18-21(2)23-14-13-15-24(23)25(31)19-27(3,4)5/h16,21,23-25H,12-15,17-20H2,1-11H3. The smallest absolute Gasteiger partial charge is 0.313 e. The summed E-state index contributed by atoms with van der Waals surface area (Å²) < 4.78 is 7.01. The summed E-state index contributed by atoms with van der Waals surface area (Å²) in [6, 6.07) is 0. The molecule has 33 heavy (non-hydrogen) atoms. The molecule has 6 unspecified atom stereocenters. The molecule has 3 rings (SSSR count). The van der Waals surface area contributed by atoms with Crippen LogP contribution in [0.2, 0.25) is 0 Å². The Morgan fingerprint density at radius 1 is 1.03 bits per heavy atom. The van der Waals surface area contributed by atoms with Crippen LogP contribution < -0.4 is 0 Å². The van der Waals surface area contributed by atoms with Gasteiger partial charge >= 0.3 is 5.97 Å². The Morgan fingerprint density at radius 2 is 1.61 bits per heavy atom. The lowest BCUT2D eigenvalue weighted by atomic mass is 9.56. The summed E-state index contributed by atoms with van der Waals surface area (Å²) in [6.45, 7) is 25.3. The van der Waals surface area contributed by atoms with Gasteiger partial charge in [0.2, 0.25) is 0 Å². The topological polar surface area (TPSA) is 26.3 Å². The van der Waals surface area contributed by atoms with Crippen LogP contribution >= 0.6 is 0 Å². The van der Waals surface area contributed by atoms with Crippen LogP contribution in [0.3, 0.4) is 0 Å². The van der Waals surface area contributed by atoms with E-state index in [-0.39, 0.29) is 22.2 Å². The second kappa shape index (κ2) is 8.70. The molecule has 2 heteroatoms. The van der Waals surface area contributed by atoms with Crippen molar-refractivity contribution in [3.63, 3.8) is 0 Å². The van der Waals surface area contributed by atoms with Crippen molar-refractivity contribution < 1.29 is 9.53 Å². The second-order valence-corrected chi connectivity index (χ2v) is 15.3. The van der Waals surface area contributed by atoms with Gasteiger partial charge in [0, 0.05) is 5.92 Å². The highest BCUT2D eigenvalue weighted by atomic mass is 16.6. The zero-order valence-corrected chi connectivity index (χ0v) is 23.9. The maximum Gasteiger partial charge on any atom is 0.313 e. The van der Waals surface area contributed by atoms with Crippen molar-refractivity contribution >= 4 is 5.97 Å². The number of carbonyl (C=O) groups is 1. The van der Waals surface area contributed by atoms with Gasteiger partial charge in [-0.3, -0.25) is 4.79 Å². The first-order valence-electron chi connectivity index (χ1n) is 13.9. The van der Waals surface area contributed by atoms with E-state index in [1.807, 2.05) is 0 Å². The lowest BCUT2D eigenvalue weighted by Gasteiger charge is -2.54. The third kappa shape index (κ3) is 5.25. The van der Waals surface area contributed by atoms with Crippen LogP contribution in [0.15, 0.2) is 11.6 Å². The van der Waals surface area contributed by atoms with Crippen molar-refractivity contribution in [3.8, 4) is 0 Å². The summed E-state index contributed by atoms with van der Waals surface area (Å²) >= 11 is 0. The van der Waals surface area contributed by atoms with Crippen molar-refractivity contribution in [2.45, 2.75) is 133 Å². The first-order valence-corrected chi connectivity index (χ1v) is 13.9. The van der Waals surface area contributed by atoms with Gasteiger partial charge in [-0.05, 0) is 85.0 Å². The molecule has 2 fully saturated rings. The molecule has 0 N–H and O–H groups in total. The van der Waals surface area contributed by atoms with E-state index < -0.39 is 11.0 Å². The van der Waals surface area contributed by atoms with Crippen molar-refractivity contribution in [3.05, 3.63) is 11.6 Å². The predicted molar refractivity (Wildman–Crippen MR) is 140 cm³/mol. The van der Waals surface area contributed by atoms with Crippen molar-refractivity contribution in [1.82, 2.24) is 0 Å². The highest BCUT2D eigenvalue weighted by molar-refractivity contribution is 5.78. The fraction of sp³-hybridized carbons (Fsp3) is 0.903. The third-order valence-electron chi connectivity index (χ3n) is 10.1. The fourth-order valence-electron chi connectivity index (χ4n) is 7.28. The van der Waals surface area contributed by atoms with E-state index in [1.165, 1.54) is 24.8 Å². The van der Waals surface area contributed by atoms with Gasteiger partial charge in [0.05, 0.1) is 5.41 Å². The van der Waals surface area contributed by atoms with Gasteiger partial charge in [-0.1, -0.05) is 88.2 Å². The number of hydrogen-bond donors (Lipinski definition) is 0. The highest BCUT2D eigenvalue weighted by Gasteiger charge is 2.60. The van der Waals surface area contributed by atoms with Crippen molar-refractivity contribution in [1.29, 1.82) is 0 Å². The first-order chi connectivity index (χ1) is 15.0. The van der Waals surface area contributed by atoms with E-state index in [0.29, 0.717) is 17.8 Å². The normalized spacial score (nSPS) is 34.3. The summed E-state index contributed by atoms with van der Waals surface area (Å²) in [4.78, 5) is 14.4. The minimum atomic E-state index is -0.517. The average molecular weight is 459 g/mol. The monoisotopic (exact) mass is 458 g/mol. The van der Waals surface area contributed by atoms with E-state index in [4.69, 9.17) is 4.74 Å². The quantitative estimate of drug-likeness (QED) is 0.281. The Morgan fingerprint density at radius 3 is 2.09 bits per heavy atom. The zero-order valence-electron chi connectivity index (χ0n) is 23.9. The Bertz CT molecular complexity index is 761. The number of fused-ring (bicyclic) bond motifs is 1. The molecule has 0 heterocycles. The molecule has 0 spiro atoms. The van der Waals surface area contributed by atoms with Crippen LogP contribution in [0.25, 0.3) is 0 Å². The SMILES string of the molecule is CCC(C)(C)CC(C)(C(=O)OC1(C2=CC2)CC(C)C2CCCC2C1CC(C)(C)C)C(C)(C)C. The lowest BCUT2D eigenvalue weighted by molar-refractivity contribution is -0.195. The molecule has 0 amide bonds. The van der Waals surface area contributed by atoms with Crippen LogP contribution in [0.4, 0.5) is 0 Å². The molecule has 2 saturated carbocycles. The highest BCUT2D eigenvalue weighted by Crippen LogP contribution is 2.61. The lowest BCUT2D eigenvalue weighted by Crippen LogP contribution is -2.56. The number of carbonyl (C=O) groups excluding carboxylic acids is 1. The van der Waals surface area contributed by atoms with Crippen LogP contribution in [-0.2, 0) is 9.53 Å². The zero-order chi connectivity index (χ0) is 25.0. The number of ether oxygens (including phenoxy) is 1. The molecular weight excluding hydrogens is 404 g/mol. The summed E-state index contributed by atoms with van der Waals surface area (Å²) in [5, 5.41) is 0. The average Bonchev–Trinajstić information content (AvgIpc) is 3.40. The van der Waals surface area contributed by atoms with Gasteiger partial charge in [-0.15, -0.1) is 0 Å². The summed E-state index contributed by atoms with van der Waals surface area (Å²) in [5.41, 5.74) is 0.686.